The van der Waals surface area contributed by atoms with Gasteiger partial charge < -0.3 is 9.32 Å². The molecule has 0 radical (unpaired) electrons. The molecule has 0 amide bonds. The van der Waals surface area contributed by atoms with Crippen LogP contribution in [-0.4, -0.2) is 6.04 Å². The zero-order chi connectivity index (χ0) is 19.8. The summed E-state index contributed by atoms with van der Waals surface area (Å²) >= 11 is 7.36. The van der Waals surface area contributed by atoms with E-state index < -0.39 is 0 Å². The highest BCUT2D eigenvalue weighted by Gasteiger charge is 2.47. The minimum absolute atomic E-state index is 0.111. The SMILES string of the molecule is CC12C=C(Br)C=CC1N(c1ccc3oc4ccccc4c3c1)c1ccc(Br)cc12. The fourth-order valence-corrected chi connectivity index (χ4v) is 5.85. The summed E-state index contributed by atoms with van der Waals surface area (Å²) < 4.78 is 8.27. The second kappa shape index (κ2) is 6.10. The van der Waals surface area contributed by atoms with E-state index in [1.165, 1.54) is 16.9 Å². The molecule has 142 valence electrons. The normalized spacial score (nSPS) is 22.8. The summed E-state index contributed by atoms with van der Waals surface area (Å²) in [7, 11) is 0. The summed E-state index contributed by atoms with van der Waals surface area (Å²) in [6, 6.07) is 21.6. The molecule has 2 heterocycles. The maximum Gasteiger partial charge on any atom is 0.135 e. The van der Waals surface area contributed by atoms with Crippen molar-refractivity contribution in [1.82, 2.24) is 0 Å². The van der Waals surface area contributed by atoms with Crippen molar-refractivity contribution in [3.8, 4) is 0 Å². The summed E-state index contributed by atoms with van der Waals surface area (Å²) in [6.45, 7) is 2.32. The number of hydrogen-bond donors (Lipinski definition) is 0. The molecule has 0 fully saturated rings. The Balaban J connectivity index is 1.60. The number of halogens is 2. The fourth-order valence-electron chi connectivity index (χ4n) is 4.86. The van der Waals surface area contributed by atoms with Crippen LogP contribution in [0.15, 0.2) is 92.3 Å². The van der Waals surface area contributed by atoms with Gasteiger partial charge in [-0.05, 0) is 55.0 Å². The predicted octanol–water partition coefficient (Wildman–Crippen LogP) is 7.98. The highest BCUT2D eigenvalue weighted by Crippen LogP contribution is 2.53. The van der Waals surface area contributed by atoms with Gasteiger partial charge in [0, 0.05) is 36.5 Å². The molecule has 29 heavy (non-hydrogen) atoms. The number of allylic oxidation sites excluding steroid dienone is 2. The first-order valence-corrected chi connectivity index (χ1v) is 11.2. The van der Waals surface area contributed by atoms with E-state index in [4.69, 9.17) is 4.42 Å². The van der Waals surface area contributed by atoms with Crippen molar-refractivity contribution in [3.63, 3.8) is 0 Å². The largest absolute Gasteiger partial charge is 0.456 e. The molecule has 2 atom stereocenters. The first-order valence-electron chi connectivity index (χ1n) is 9.62. The Morgan fingerprint density at radius 2 is 1.76 bits per heavy atom. The van der Waals surface area contributed by atoms with Gasteiger partial charge in [-0.2, -0.15) is 0 Å². The number of fused-ring (bicyclic) bond motifs is 6. The minimum Gasteiger partial charge on any atom is -0.456 e. The van der Waals surface area contributed by atoms with Gasteiger partial charge in [-0.15, -0.1) is 0 Å². The molecule has 3 aromatic carbocycles. The summed E-state index contributed by atoms with van der Waals surface area (Å²) in [4.78, 5) is 2.45. The molecule has 1 aromatic heterocycles. The first kappa shape index (κ1) is 17.5. The average Bonchev–Trinajstić information content (AvgIpc) is 3.20. The van der Waals surface area contributed by atoms with E-state index in [9.17, 15) is 0 Å². The van der Waals surface area contributed by atoms with Crippen LogP contribution in [0.1, 0.15) is 12.5 Å². The van der Waals surface area contributed by atoms with Crippen LogP contribution in [-0.2, 0) is 5.41 Å². The third kappa shape index (κ3) is 2.45. The lowest BCUT2D eigenvalue weighted by Gasteiger charge is -2.35. The molecule has 6 rings (SSSR count). The molecule has 2 unspecified atom stereocenters. The second-order valence-corrected chi connectivity index (χ2v) is 9.76. The number of nitrogens with zero attached hydrogens (tertiary/aromatic N) is 1. The number of hydrogen-bond acceptors (Lipinski definition) is 2. The van der Waals surface area contributed by atoms with Crippen molar-refractivity contribution in [2.24, 2.45) is 0 Å². The van der Waals surface area contributed by atoms with Crippen LogP contribution in [0.25, 0.3) is 21.9 Å². The second-order valence-electron chi connectivity index (χ2n) is 7.93. The zero-order valence-corrected chi connectivity index (χ0v) is 18.9. The quantitative estimate of drug-likeness (QED) is 0.260. The van der Waals surface area contributed by atoms with Crippen LogP contribution in [0.3, 0.4) is 0 Å². The van der Waals surface area contributed by atoms with E-state index in [2.05, 4.69) is 110 Å². The average molecular weight is 507 g/mol. The van der Waals surface area contributed by atoms with Crippen molar-refractivity contribution in [2.45, 2.75) is 18.4 Å². The summed E-state index contributed by atoms with van der Waals surface area (Å²) in [5, 5.41) is 2.31. The summed E-state index contributed by atoms with van der Waals surface area (Å²) in [5.74, 6) is 0. The van der Waals surface area contributed by atoms with Gasteiger partial charge in [0.1, 0.15) is 11.2 Å². The van der Waals surface area contributed by atoms with Gasteiger partial charge in [-0.1, -0.05) is 68.3 Å². The van der Waals surface area contributed by atoms with Crippen molar-refractivity contribution >= 4 is 65.2 Å². The molecule has 2 nitrogen and oxygen atoms in total. The van der Waals surface area contributed by atoms with Crippen molar-refractivity contribution in [2.75, 3.05) is 4.90 Å². The monoisotopic (exact) mass is 505 g/mol. The molecule has 0 N–H and O–H groups in total. The van der Waals surface area contributed by atoms with Gasteiger partial charge in [0.2, 0.25) is 0 Å². The predicted molar refractivity (Wildman–Crippen MR) is 127 cm³/mol. The summed E-state index contributed by atoms with van der Waals surface area (Å²) in [6.07, 6.45) is 6.79. The van der Waals surface area contributed by atoms with Gasteiger partial charge in [-0.25, -0.2) is 0 Å². The lowest BCUT2D eigenvalue weighted by molar-refractivity contribution is 0.550. The molecule has 0 saturated heterocycles. The molecular formula is C25H17Br2NO. The Morgan fingerprint density at radius 1 is 0.931 bits per heavy atom. The standard InChI is InChI=1S/C25H17Br2NO/c1-25-14-16(27)7-11-24(25)28(21-9-6-15(26)12-20(21)25)17-8-10-23-19(13-17)18-4-2-3-5-22(18)29-23/h2-14,24H,1H3. The third-order valence-electron chi connectivity index (χ3n) is 6.20. The van der Waals surface area contributed by atoms with Crippen LogP contribution >= 0.6 is 31.9 Å². The molecular weight excluding hydrogens is 490 g/mol. The van der Waals surface area contributed by atoms with E-state index in [0.29, 0.717) is 0 Å². The molecule has 1 aliphatic heterocycles. The van der Waals surface area contributed by atoms with E-state index >= 15 is 0 Å². The Labute approximate surface area is 185 Å². The highest BCUT2D eigenvalue weighted by molar-refractivity contribution is 9.12. The van der Waals surface area contributed by atoms with E-state index in [0.717, 1.165) is 30.9 Å². The molecule has 4 heteroatoms. The van der Waals surface area contributed by atoms with Crippen molar-refractivity contribution < 1.29 is 4.42 Å². The lowest BCUT2D eigenvalue weighted by Crippen LogP contribution is -2.39. The van der Waals surface area contributed by atoms with Crippen LogP contribution < -0.4 is 4.90 Å². The molecule has 0 saturated carbocycles. The van der Waals surface area contributed by atoms with E-state index in [1.807, 2.05) is 12.1 Å². The molecule has 2 aliphatic rings. The fraction of sp³-hybridized carbons (Fsp3) is 0.120. The van der Waals surface area contributed by atoms with Crippen LogP contribution in [0.5, 0.6) is 0 Å². The van der Waals surface area contributed by atoms with Gasteiger partial charge in [0.15, 0.2) is 0 Å². The first-order chi connectivity index (χ1) is 14.0. The van der Waals surface area contributed by atoms with Gasteiger partial charge in [-0.3, -0.25) is 0 Å². The maximum atomic E-state index is 6.04. The van der Waals surface area contributed by atoms with Crippen molar-refractivity contribution in [1.29, 1.82) is 0 Å². The number of rotatable bonds is 1. The van der Waals surface area contributed by atoms with Gasteiger partial charge in [0.25, 0.3) is 0 Å². The van der Waals surface area contributed by atoms with E-state index in [1.54, 1.807) is 0 Å². The highest BCUT2D eigenvalue weighted by atomic mass is 79.9. The maximum absolute atomic E-state index is 6.04. The zero-order valence-electron chi connectivity index (χ0n) is 15.7. The Morgan fingerprint density at radius 3 is 2.66 bits per heavy atom. The number of para-hydroxylation sites is 1. The van der Waals surface area contributed by atoms with Gasteiger partial charge >= 0.3 is 0 Å². The molecule has 1 aliphatic carbocycles. The number of furan rings is 1. The van der Waals surface area contributed by atoms with Crippen molar-refractivity contribution in [3.05, 3.63) is 93.4 Å². The lowest BCUT2D eigenvalue weighted by atomic mass is 9.76. The van der Waals surface area contributed by atoms with Gasteiger partial charge in [0.05, 0.1) is 6.04 Å². The van der Waals surface area contributed by atoms with Crippen LogP contribution in [0.2, 0.25) is 0 Å². The Bertz CT molecular complexity index is 1370. The minimum atomic E-state index is -0.111. The molecule has 0 spiro atoms. The third-order valence-corrected chi connectivity index (χ3v) is 7.19. The number of benzene rings is 3. The smallest absolute Gasteiger partial charge is 0.135 e. The topological polar surface area (TPSA) is 16.4 Å². The number of anilines is 2. The molecule has 0 bridgehead atoms. The van der Waals surface area contributed by atoms with Crippen LogP contribution in [0, 0.1) is 0 Å². The molecule has 4 aromatic rings. The Kier molecular flexibility index (Phi) is 3.69. The Hall–Kier alpha value is -2.30. The van der Waals surface area contributed by atoms with Crippen LogP contribution in [0.4, 0.5) is 11.4 Å². The summed E-state index contributed by atoms with van der Waals surface area (Å²) in [5.41, 5.74) is 5.50. The van der Waals surface area contributed by atoms with E-state index in [-0.39, 0.29) is 11.5 Å².